The molecule has 5 nitrogen and oxygen atoms in total. The van der Waals surface area contributed by atoms with Crippen LogP contribution in [0.15, 0.2) is 31.4 Å². The van der Waals surface area contributed by atoms with E-state index < -0.39 is 10.3 Å². The summed E-state index contributed by atoms with van der Waals surface area (Å²) in [5, 5.41) is 5.07. The number of allylic oxidation sites excluding steroid dienone is 2. The molecule has 3 aliphatic rings. The maximum atomic E-state index is 11.4. The topological polar surface area (TPSA) is 78.6 Å². The number of fused-ring (bicyclic) bond motifs is 5. The minimum absolute atomic E-state index is 0.122. The van der Waals surface area contributed by atoms with Crippen LogP contribution < -0.4 is 14.1 Å². The molecule has 0 radical (unpaired) electrons. The van der Waals surface area contributed by atoms with Gasteiger partial charge in [0.25, 0.3) is 0 Å². The van der Waals surface area contributed by atoms with Crippen LogP contribution in [0.5, 0.6) is 11.5 Å². The molecular weight excluding hydrogens is 374 g/mol. The molecule has 4 unspecified atom stereocenters. The molecule has 0 spiro atoms. The van der Waals surface area contributed by atoms with E-state index in [1.807, 2.05) is 6.07 Å². The highest BCUT2D eigenvalue weighted by molar-refractivity contribution is 7.84. The fourth-order valence-corrected chi connectivity index (χ4v) is 6.70. The van der Waals surface area contributed by atoms with Crippen molar-refractivity contribution in [2.24, 2.45) is 28.3 Å². The van der Waals surface area contributed by atoms with Crippen molar-refractivity contribution < 1.29 is 17.3 Å². The van der Waals surface area contributed by atoms with Crippen LogP contribution in [0, 0.1) is 23.2 Å². The minimum atomic E-state index is -4.13. The summed E-state index contributed by atoms with van der Waals surface area (Å²) < 4.78 is 33.3. The summed E-state index contributed by atoms with van der Waals surface area (Å²) in [6, 6.07) is 3.66. The molecule has 0 amide bonds. The van der Waals surface area contributed by atoms with Gasteiger partial charge in [0.15, 0.2) is 11.5 Å². The molecule has 2 N–H and O–H groups in total. The standard InChI is InChI=1S/C22H29NO4S/c1-5-14-6-7-19-18-10-13(2)16-11-21(27-28(23,24)25)20(26-4)12-17(16)15(18)8-9-22(14,19)3/h5,11-12,14-15,18-19H,1-2,6-10H2,3-4H3,(H2,23,24,25)/t14?,15?,18?,19?,22-/m1/s1. The van der Waals surface area contributed by atoms with Gasteiger partial charge in [-0.2, -0.15) is 13.6 Å². The molecule has 5 atom stereocenters. The lowest BCUT2D eigenvalue weighted by molar-refractivity contribution is 0.0500. The molecule has 6 heteroatoms. The van der Waals surface area contributed by atoms with E-state index in [9.17, 15) is 8.42 Å². The van der Waals surface area contributed by atoms with Crippen LogP contribution in [0.25, 0.3) is 5.57 Å². The van der Waals surface area contributed by atoms with Crippen molar-refractivity contribution in [1.82, 2.24) is 0 Å². The first-order valence-corrected chi connectivity index (χ1v) is 11.4. The molecule has 2 saturated carbocycles. The van der Waals surface area contributed by atoms with Crippen LogP contribution in [-0.4, -0.2) is 15.5 Å². The molecule has 0 bridgehead atoms. The van der Waals surface area contributed by atoms with Gasteiger partial charge in [-0.25, -0.2) is 0 Å². The monoisotopic (exact) mass is 403 g/mol. The lowest BCUT2D eigenvalue weighted by Crippen LogP contribution is -2.41. The van der Waals surface area contributed by atoms with Crippen molar-refractivity contribution in [3.05, 3.63) is 42.5 Å². The Morgan fingerprint density at radius 3 is 2.64 bits per heavy atom. The van der Waals surface area contributed by atoms with E-state index in [1.165, 1.54) is 31.9 Å². The molecule has 0 aromatic heterocycles. The Balaban J connectivity index is 1.76. The van der Waals surface area contributed by atoms with Gasteiger partial charge >= 0.3 is 10.3 Å². The van der Waals surface area contributed by atoms with Crippen molar-refractivity contribution >= 4 is 15.9 Å². The maximum absolute atomic E-state index is 11.4. The summed E-state index contributed by atoms with van der Waals surface area (Å²) in [7, 11) is -2.61. The SMILES string of the molecule is C=CC1CCC2C3CC(=C)c4cc(OS(N)(=O)=O)c(OC)cc4C3CC[C@]12C. The van der Waals surface area contributed by atoms with Crippen molar-refractivity contribution in [2.75, 3.05) is 7.11 Å². The summed E-state index contributed by atoms with van der Waals surface area (Å²) in [6.07, 6.45) is 7.84. The number of rotatable bonds is 4. The van der Waals surface area contributed by atoms with Gasteiger partial charge < -0.3 is 8.92 Å². The van der Waals surface area contributed by atoms with Crippen LogP contribution in [0.2, 0.25) is 0 Å². The summed E-state index contributed by atoms with van der Waals surface area (Å²) >= 11 is 0. The van der Waals surface area contributed by atoms with E-state index >= 15 is 0 Å². The molecule has 3 aliphatic carbocycles. The highest BCUT2D eigenvalue weighted by Crippen LogP contribution is 2.64. The maximum Gasteiger partial charge on any atom is 0.380 e. The van der Waals surface area contributed by atoms with Crippen LogP contribution in [0.4, 0.5) is 0 Å². The Labute approximate surface area is 167 Å². The molecule has 1 aromatic rings. The van der Waals surface area contributed by atoms with E-state index in [0.717, 1.165) is 24.0 Å². The van der Waals surface area contributed by atoms with Gasteiger partial charge in [-0.1, -0.05) is 19.6 Å². The Bertz CT molecular complexity index is 938. The van der Waals surface area contributed by atoms with Crippen molar-refractivity contribution in [2.45, 2.75) is 44.9 Å². The van der Waals surface area contributed by atoms with Crippen LogP contribution in [0.1, 0.15) is 56.1 Å². The minimum Gasteiger partial charge on any atom is -0.493 e. The first-order chi connectivity index (χ1) is 13.2. The third-order valence-corrected chi connectivity index (χ3v) is 8.01. The Morgan fingerprint density at radius 2 is 2.00 bits per heavy atom. The Morgan fingerprint density at radius 1 is 1.25 bits per heavy atom. The molecule has 0 saturated heterocycles. The van der Waals surface area contributed by atoms with Crippen LogP contribution in [-0.2, 0) is 10.3 Å². The molecule has 2 fully saturated rings. The number of benzene rings is 1. The Hall–Kier alpha value is -1.79. The van der Waals surface area contributed by atoms with E-state index in [4.69, 9.17) is 14.1 Å². The Kier molecular flexibility index (Phi) is 4.62. The normalized spacial score (nSPS) is 34.2. The summed E-state index contributed by atoms with van der Waals surface area (Å²) in [5.41, 5.74) is 3.53. The molecular formula is C22H29NO4S. The molecule has 0 heterocycles. The van der Waals surface area contributed by atoms with Crippen molar-refractivity contribution in [3.63, 3.8) is 0 Å². The van der Waals surface area contributed by atoms with E-state index in [-0.39, 0.29) is 5.75 Å². The van der Waals surface area contributed by atoms with E-state index in [2.05, 4.69) is 26.2 Å². The molecule has 152 valence electrons. The zero-order valence-corrected chi connectivity index (χ0v) is 17.4. The molecule has 4 rings (SSSR count). The first-order valence-electron chi connectivity index (χ1n) is 9.92. The lowest BCUT2D eigenvalue weighted by atomic mass is 9.53. The predicted octanol–water partition coefficient (Wildman–Crippen LogP) is 4.41. The molecule has 0 aliphatic heterocycles. The van der Waals surface area contributed by atoms with Gasteiger partial charge in [0.05, 0.1) is 7.11 Å². The lowest BCUT2D eigenvalue weighted by Gasteiger charge is -2.51. The van der Waals surface area contributed by atoms with Crippen LogP contribution in [0.3, 0.4) is 0 Å². The fraction of sp³-hybridized carbons (Fsp3) is 0.545. The number of hydrogen-bond acceptors (Lipinski definition) is 4. The largest absolute Gasteiger partial charge is 0.493 e. The zero-order valence-electron chi connectivity index (χ0n) is 16.6. The number of ether oxygens (including phenoxy) is 1. The number of methoxy groups -OCH3 is 1. The second-order valence-electron chi connectivity index (χ2n) is 8.82. The third-order valence-electron chi connectivity index (χ3n) is 7.60. The average Bonchev–Trinajstić information content (AvgIpc) is 2.97. The highest BCUT2D eigenvalue weighted by atomic mass is 32.2. The van der Waals surface area contributed by atoms with Gasteiger partial charge in [-0.05, 0) is 90.0 Å². The van der Waals surface area contributed by atoms with Gasteiger partial charge in [0.1, 0.15) is 0 Å². The van der Waals surface area contributed by atoms with E-state index in [1.54, 1.807) is 6.07 Å². The second-order valence-corrected chi connectivity index (χ2v) is 9.97. The number of nitrogens with two attached hydrogens (primary N) is 1. The highest BCUT2D eigenvalue weighted by Gasteiger charge is 2.54. The fourth-order valence-electron chi connectivity index (χ4n) is 6.32. The zero-order chi connectivity index (χ0) is 20.3. The quantitative estimate of drug-likeness (QED) is 0.756. The first kappa shape index (κ1) is 19.5. The van der Waals surface area contributed by atoms with Gasteiger partial charge in [0, 0.05) is 0 Å². The van der Waals surface area contributed by atoms with Crippen molar-refractivity contribution in [1.29, 1.82) is 0 Å². The average molecular weight is 404 g/mol. The van der Waals surface area contributed by atoms with Crippen molar-refractivity contribution in [3.8, 4) is 11.5 Å². The second kappa shape index (κ2) is 6.63. The van der Waals surface area contributed by atoms with Gasteiger partial charge in [-0.3, -0.25) is 0 Å². The summed E-state index contributed by atoms with van der Waals surface area (Å²) in [4.78, 5) is 0. The van der Waals surface area contributed by atoms with Crippen LogP contribution >= 0.6 is 0 Å². The van der Waals surface area contributed by atoms with E-state index in [0.29, 0.717) is 34.8 Å². The summed E-state index contributed by atoms with van der Waals surface area (Å²) in [5.74, 6) is 2.75. The third kappa shape index (κ3) is 2.98. The van der Waals surface area contributed by atoms with Gasteiger partial charge in [-0.15, -0.1) is 6.58 Å². The molecule has 1 aromatic carbocycles. The smallest absolute Gasteiger partial charge is 0.380 e. The number of hydrogen-bond donors (Lipinski definition) is 1. The summed E-state index contributed by atoms with van der Waals surface area (Å²) in [6.45, 7) is 10.8. The molecule has 28 heavy (non-hydrogen) atoms. The predicted molar refractivity (Wildman–Crippen MR) is 110 cm³/mol. The van der Waals surface area contributed by atoms with Gasteiger partial charge in [0.2, 0.25) is 0 Å².